The number of quaternary nitrogens is 1. The molecule has 3 N–H and O–H groups in total. The zero-order valence-electron chi connectivity index (χ0n) is 12.7. The second-order valence-corrected chi connectivity index (χ2v) is 6.50. The van der Waals surface area contributed by atoms with Gasteiger partial charge in [-0.15, -0.1) is 0 Å². The first-order valence-electron chi connectivity index (χ1n) is 7.80. The number of anilines is 1. The van der Waals surface area contributed by atoms with Crippen molar-refractivity contribution in [3.05, 3.63) is 28.7 Å². The molecule has 1 saturated heterocycles. The molecule has 1 aromatic rings. The van der Waals surface area contributed by atoms with E-state index in [1.165, 1.54) is 30.6 Å². The smallest absolute Gasteiger partial charge is 0.275 e. The topological polar surface area (TPSA) is 62.6 Å². The molecule has 0 aliphatic carbocycles. The highest BCUT2D eigenvalue weighted by Gasteiger charge is 2.16. The Kier molecular flexibility index (Phi) is 6.86. The molecule has 0 aromatic heterocycles. The number of likely N-dealkylation sites (tertiary alicyclic amines) is 1. The van der Waals surface area contributed by atoms with Crippen molar-refractivity contribution in [2.45, 2.75) is 25.7 Å². The van der Waals surface area contributed by atoms with Crippen LogP contribution in [0, 0.1) is 0 Å². The standard InChI is InChI=1S/C16H22BrN3O2/c17-13-7-3-4-8-14(13)19-15(21)11-18-16(22)12-20-9-5-1-2-6-10-20/h3-4,7-8H,1-2,5-6,9-12H2,(H,18,22)(H,19,21)/p+1. The summed E-state index contributed by atoms with van der Waals surface area (Å²) in [5.41, 5.74) is 0.708. The predicted molar refractivity (Wildman–Crippen MR) is 89.8 cm³/mol. The molecule has 1 heterocycles. The lowest BCUT2D eigenvalue weighted by Crippen LogP contribution is -3.13. The highest BCUT2D eigenvalue weighted by Crippen LogP contribution is 2.20. The van der Waals surface area contributed by atoms with Gasteiger partial charge in [0, 0.05) is 4.47 Å². The first kappa shape index (κ1) is 17.0. The van der Waals surface area contributed by atoms with Crippen LogP contribution in [0.4, 0.5) is 5.69 Å². The van der Waals surface area contributed by atoms with E-state index in [1.807, 2.05) is 24.3 Å². The van der Waals surface area contributed by atoms with Gasteiger partial charge in [0.25, 0.3) is 5.91 Å². The van der Waals surface area contributed by atoms with Gasteiger partial charge in [0.05, 0.1) is 25.3 Å². The normalized spacial score (nSPS) is 15.9. The number of hydrogen-bond donors (Lipinski definition) is 3. The molecule has 6 heteroatoms. The Morgan fingerprint density at radius 2 is 1.73 bits per heavy atom. The number of hydrogen-bond acceptors (Lipinski definition) is 2. The summed E-state index contributed by atoms with van der Waals surface area (Å²) in [6, 6.07) is 7.40. The maximum absolute atomic E-state index is 11.9. The summed E-state index contributed by atoms with van der Waals surface area (Å²) < 4.78 is 0.823. The molecule has 1 aliphatic heterocycles. The first-order chi connectivity index (χ1) is 10.6. The average molecular weight is 369 g/mol. The van der Waals surface area contributed by atoms with Gasteiger partial charge in [-0.05, 0) is 53.7 Å². The summed E-state index contributed by atoms with van der Waals surface area (Å²) in [4.78, 5) is 25.1. The molecule has 2 rings (SSSR count). The van der Waals surface area contributed by atoms with E-state index in [9.17, 15) is 9.59 Å². The summed E-state index contributed by atoms with van der Waals surface area (Å²) in [5.74, 6) is -0.273. The van der Waals surface area contributed by atoms with Crippen LogP contribution in [-0.4, -0.2) is 38.0 Å². The number of carbonyl (C=O) groups is 2. The van der Waals surface area contributed by atoms with Gasteiger partial charge in [0.1, 0.15) is 0 Å². The fraction of sp³-hybridized carbons (Fsp3) is 0.500. The van der Waals surface area contributed by atoms with E-state index in [4.69, 9.17) is 0 Å². The molecule has 5 nitrogen and oxygen atoms in total. The van der Waals surface area contributed by atoms with Gasteiger partial charge >= 0.3 is 0 Å². The minimum Gasteiger partial charge on any atom is -0.342 e. The number of para-hydroxylation sites is 1. The molecule has 0 unspecified atom stereocenters. The lowest BCUT2D eigenvalue weighted by molar-refractivity contribution is -0.891. The minimum atomic E-state index is -0.217. The van der Waals surface area contributed by atoms with Gasteiger partial charge < -0.3 is 15.5 Å². The number of rotatable bonds is 5. The Morgan fingerprint density at radius 1 is 1.05 bits per heavy atom. The van der Waals surface area contributed by atoms with Crippen molar-refractivity contribution < 1.29 is 14.5 Å². The van der Waals surface area contributed by atoms with Crippen molar-refractivity contribution in [1.82, 2.24) is 5.32 Å². The molecular weight excluding hydrogens is 346 g/mol. The van der Waals surface area contributed by atoms with E-state index in [-0.39, 0.29) is 18.4 Å². The molecule has 0 radical (unpaired) electrons. The Morgan fingerprint density at radius 3 is 2.41 bits per heavy atom. The SMILES string of the molecule is O=C(C[NH+]1CCCCCC1)NCC(=O)Nc1ccccc1Br. The predicted octanol–water partition coefficient (Wildman–Crippen LogP) is 0.963. The van der Waals surface area contributed by atoms with Gasteiger partial charge in [0.15, 0.2) is 6.54 Å². The van der Waals surface area contributed by atoms with Crippen molar-refractivity contribution >= 4 is 33.4 Å². The van der Waals surface area contributed by atoms with Crippen LogP contribution < -0.4 is 15.5 Å². The van der Waals surface area contributed by atoms with Gasteiger partial charge in [-0.25, -0.2) is 0 Å². The van der Waals surface area contributed by atoms with Crippen molar-refractivity contribution in [1.29, 1.82) is 0 Å². The molecule has 1 aliphatic rings. The molecular formula is C16H23BrN3O2+. The van der Waals surface area contributed by atoms with Crippen LogP contribution in [0.1, 0.15) is 25.7 Å². The molecule has 0 bridgehead atoms. The Balaban J connectivity index is 1.71. The number of halogens is 1. The van der Waals surface area contributed by atoms with E-state index in [2.05, 4.69) is 26.6 Å². The van der Waals surface area contributed by atoms with Crippen LogP contribution >= 0.6 is 15.9 Å². The molecule has 0 atom stereocenters. The highest BCUT2D eigenvalue weighted by atomic mass is 79.9. The fourth-order valence-electron chi connectivity index (χ4n) is 2.63. The van der Waals surface area contributed by atoms with Crippen LogP contribution in [-0.2, 0) is 9.59 Å². The third-order valence-corrected chi connectivity index (χ3v) is 4.51. The van der Waals surface area contributed by atoms with Gasteiger partial charge in [-0.3, -0.25) is 9.59 Å². The number of benzene rings is 1. The first-order valence-corrected chi connectivity index (χ1v) is 8.59. The van der Waals surface area contributed by atoms with Crippen molar-refractivity contribution in [3.8, 4) is 0 Å². The second kappa shape index (κ2) is 8.90. The Hall–Kier alpha value is -1.40. The Labute approximate surface area is 139 Å². The maximum atomic E-state index is 11.9. The fourth-order valence-corrected chi connectivity index (χ4v) is 3.01. The van der Waals surface area contributed by atoms with E-state index < -0.39 is 0 Å². The number of nitrogens with one attached hydrogen (secondary N) is 3. The summed E-state index contributed by atoms with van der Waals surface area (Å²) >= 11 is 3.37. The van der Waals surface area contributed by atoms with E-state index in [0.717, 1.165) is 17.6 Å². The maximum Gasteiger partial charge on any atom is 0.275 e. The highest BCUT2D eigenvalue weighted by molar-refractivity contribution is 9.10. The van der Waals surface area contributed by atoms with Crippen LogP contribution in [0.3, 0.4) is 0 Å². The van der Waals surface area contributed by atoms with Gasteiger partial charge in [-0.2, -0.15) is 0 Å². The Bertz CT molecular complexity index is 514. The van der Waals surface area contributed by atoms with Crippen LogP contribution in [0.25, 0.3) is 0 Å². The van der Waals surface area contributed by atoms with Crippen molar-refractivity contribution in [2.24, 2.45) is 0 Å². The molecule has 120 valence electrons. The second-order valence-electron chi connectivity index (χ2n) is 5.65. The minimum absolute atomic E-state index is 0.00739. The third-order valence-electron chi connectivity index (χ3n) is 3.82. The average Bonchev–Trinajstić information content (AvgIpc) is 2.76. The monoisotopic (exact) mass is 368 g/mol. The zero-order chi connectivity index (χ0) is 15.8. The van der Waals surface area contributed by atoms with Crippen molar-refractivity contribution in [3.63, 3.8) is 0 Å². The van der Waals surface area contributed by atoms with E-state index in [0.29, 0.717) is 12.2 Å². The molecule has 1 fully saturated rings. The summed E-state index contributed by atoms with van der Waals surface area (Å²) in [6.45, 7) is 2.57. The number of amides is 2. The van der Waals surface area contributed by atoms with Crippen LogP contribution in [0.15, 0.2) is 28.7 Å². The third kappa shape index (κ3) is 5.77. The summed E-state index contributed by atoms with van der Waals surface area (Å²) in [6.07, 6.45) is 4.90. The van der Waals surface area contributed by atoms with Crippen LogP contribution in [0.5, 0.6) is 0 Å². The summed E-state index contributed by atoms with van der Waals surface area (Å²) in [7, 11) is 0. The van der Waals surface area contributed by atoms with Gasteiger partial charge in [0.2, 0.25) is 5.91 Å². The molecule has 0 saturated carbocycles. The molecule has 2 amide bonds. The van der Waals surface area contributed by atoms with Gasteiger partial charge in [-0.1, -0.05) is 12.1 Å². The molecule has 0 spiro atoms. The summed E-state index contributed by atoms with van der Waals surface area (Å²) in [5, 5.41) is 5.47. The zero-order valence-corrected chi connectivity index (χ0v) is 14.2. The molecule has 22 heavy (non-hydrogen) atoms. The quantitative estimate of drug-likeness (QED) is 0.724. The lowest BCUT2D eigenvalue weighted by Gasteiger charge is -2.16. The lowest BCUT2D eigenvalue weighted by atomic mass is 10.2. The van der Waals surface area contributed by atoms with Crippen LogP contribution in [0.2, 0.25) is 0 Å². The number of carbonyl (C=O) groups excluding carboxylic acids is 2. The molecule has 1 aromatic carbocycles. The largest absolute Gasteiger partial charge is 0.342 e. The van der Waals surface area contributed by atoms with E-state index in [1.54, 1.807) is 0 Å². The van der Waals surface area contributed by atoms with Crippen molar-refractivity contribution in [2.75, 3.05) is 31.5 Å². The van der Waals surface area contributed by atoms with E-state index >= 15 is 0 Å².